The van der Waals surface area contributed by atoms with Crippen LogP contribution >= 0.6 is 0 Å². The number of nitrogens with zero attached hydrogens (tertiary/aromatic N) is 2. The summed E-state index contributed by atoms with van der Waals surface area (Å²) >= 11 is 0. The summed E-state index contributed by atoms with van der Waals surface area (Å²) in [6, 6.07) is 14.3. The second-order valence-corrected chi connectivity index (χ2v) is 8.59. The van der Waals surface area contributed by atoms with Crippen LogP contribution in [-0.2, 0) is 12.8 Å². The second-order valence-electron chi connectivity index (χ2n) is 8.59. The number of nitrogens with two attached hydrogens (primary N) is 1. The molecule has 36 heavy (non-hydrogen) atoms. The van der Waals surface area contributed by atoms with Crippen LogP contribution in [0.4, 0.5) is 10.1 Å². The monoisotopic (exact) mass is 486 g/mol. The molecule has 0 fully saturated rings. The molecule has 5 rings (SSSR count). The van der Waals surface area contributed by atoms with E-state index in [-0.39, 0.29) is 23.1 Å². The van der Waals surface area contributed by atoms with Crippen LogP contribution in [0.1, 0.15) is 37.5 Å². The molecule has 0 spiro atoms. The number of fused-ring (bicyclic) bond motifs is 3. The SMILES string of the molecule is COc1cc(-n2nc(C(N)=O)c3c2-c2cc(NC(=O)c4ccc(F)cc4C)ccc2CC3)ccc1O. The van der Waals surface area contributed by atoms with Gasteiger partial charge in [0.1, 0.15) is 5.82 Å². The van der Waals surface area contributed by atoms with Gasteiger partial charge in [-0.05, 0) is 73.4 Å². The fraction of sp³-hybridized carbons (Fsp3) is 0.148. The maximum atomic E-state index is 13.5. The van der Waals surface area contributed by atoms with Crippen molar-refractivity contribution in [3.05, 3.63) is 88.4 Å². The normalized spacial score (nSPS) is 12.0. The number of carbonyl (C=O) groups is 2. The Morgan fingerprint density at radius 2 is 1.92 bits per heavy atom. The number of phenolic OH excluding ortho intramolecular Hbond substituents is 1. The molecule has 2 amide bonds. The van der Waals surface area contributed by atoms with Crippen molar-refractivity contribution in [3.8, 4) is 28.4 Å². The van der Waals surface area contributed by atoms with Gasteiger partial charge in [-0.2, -0.15) is 5.10 Å². The van der Waals surface area contributed by atoms with Gasteiger partial charge in [0.15, 0.2) is 17.2 Å². The summed E-state index contributed by atoms with van der Waals surface area (Å²) in [4.78, 5) is 25.1. The number of phenols is 1. The number of halogens is 1. The second kappa shape index (κ2) is 8.84. The van der Waals surface area contributed by atoms with Crippen LogP contribution in [0.2, 0.25) is 0 Å². The molecule has 4 N–H and O–H groups in total. The molecule has 1 aromatic heterocycles. The minimum absolute atomic E-state index is 0.0288. The number of methoxy groups -OCH3 is 1. The highest BCUT2D eigenvalue weighted by molar-refractivity contribution is 6.05. The molecular weight excluding hydrogens is 463 g/mol. The lowest BCUT2D eigenvalue weighted by Gasteiger charge is -2.20. The third kappa shape index (κ3) is 3.94. The van der Waals surface area contributed by atoms with Gasteiger partial charge in [0.2, 0.25) is 0 Å². The lowest BCUT2D eigenvalue weighted by Crippen LogP contribution is -2.16. The van der Waals surface area contributed by atoms with Crippen molar-refractivity contribution < 1.29 is 23.8 Å². The first kappa shape index (κ1) is 23.1. The van der Waals surface area contributed by atoms with Gasteiger partial charge in [0.05, 0.1) is 18.5 Å². The van der Waals surface area contributed by atoms with Crippen molar-refractivity contribution >= 4 is 17.5 Å². The van der Waals surface area contributed by atoms with Crippen molar-refractivity contribution in [2.45, 2.75) is 19.8 Å². The predicted molar refractivity (Wildman–Crippen MR) is 132 cm³/mol. The largest absolute Gasteiger partial charge is 0.504 e. The summed E-state index contributed by atoms with van der Waals surface area (Å²) in [6.45, 7) is 1.67. The summed E-state index contributed by atoms with van der Waals surface area (Å²) in [6.07, 6.45) is 1.23. The average molecular weight is 487 g/mol. The Morgan fingerprint density at radius 1 is 1.11 bits per heavy atom. The molecule has 0 saturated heterocycles. The van der Waals surface area contributed by atoms with Crippen molar-refractivity contribution in [1.29, 1.82) is 0 Å². The highest BCUT2D eigenvalue weighted by atomic mass is 19.1. The van der Waals surface area contributed by atoms with Crippen LogP contribution in [0.15, 0.2) is 54.6 Å². The molecule has 9 heteroatoms. The number of nitrogens with one attached hydrogen (secondary N) is 1. The van der Waals surface area contributed by atoms with E-state index in [1.807, 2.05) is 12.1 Å². The van der Waals surface area contributed by atoms with Crippen molar-refractivity contribution in [1.82, 2.24) is 9.78 Å². The fourth-order valence-electron chi connectivity index (χ4n) is 4.58. The first-order chi connectivity index (χ1) is 17.3. The first-order valence-electron chi connectivity index (χ1n) is 11.3. The molecule has 4 aromatic rings. The van der Waals surface area contributed by atoms with Crippen LogP contribution in [0.5, 0.6) is 11.5 Å². The zero-order valence-electron chi connectivity index (χ0n) is 19.6. The Kier molecular flexibility index (Phi) is 5.68. The molecule has 0 bridgehead atoms. The zero-order valence-corrected chi connectivity index (χ0v) is 19.6. The van der Waals surface area contributed by atoms with E-state index >= 15 is 0 Å². The van der Waals surface area contributed by atoms with E-state index in [0.29, 0.717) is 46.6 Å². The van der Waals surface area contributed by atoms with E-state index in [2.05, 4.69) is 10.4 Å². The Morgan fingerprint density at radius 3 is 2.64 bits per heavy atom. The summed E-state index contributed by atoms with van der Waals surface area (Å²) in [5.74, 6) is -1.19. The number of rotatable bonds is 5. The number of amides is 2. The Bertz CT molecular complexity index is 1540. The zero-order chi connectivity index (χ0) is 25.6. The van der Waals surface area contributed by atoms with E-state index in [1.54, 1.807) is 29.8 Å². The van der Waals surface area contributed by atoms with Gasteiger partial charge in [-0.1, -0.05) is 6.07 Å². The molecule has 0 aliphatic heterocycles. The van der Waals surface area contributed by atoms with Crippen LogP contribution in [-0.4, -0.2) is 33.8 Å². The lowest BCUT2D eigenvalue weighted by molar-refractivity contribution is 0.0992. The first-order valence-corrected chi connectivity index (χ1v) is 11.3. The molecule has 1 aliphatic rings. The number of aromatic nitrogens is 2. The molecule has 3 aromatic carbocycles. The van der Waals surface area contributed by atoms with Gasteiger partial charge >= 0.3 is 0 Å². The molecule has 182 valence electrons. The Hall–Kier alpha value is -4.66. The highest BCUT2D eigenvalue weighted by Gasteiger charge is 2.29. The van der Waals surface area contributed by atoms with Gasteiger partial charge < -0.3 is 20.9 Å². The summed E-state index contributed by atoms with van der Waals surface area (Å²) in [5.41, 5.74) is 11.0. The summed E-state index contributed by atoms with van der Waals surface area (Å²) in [5, 5.41) is 17.4. The Balaban J connectivity index is 1.61. The minimum atomic E-state index is -0.643. The van der Waals surface area contributed by atoms with E-state index in [1.165, 1.54) is 31.4 Å². The molecular formula is C27H23FN4O4. The van der Waals surface area contributed by atoms with E-state index in [0.717, 1.165) is 11.1 Å². The number of anilines is 1. The molecule has 0 saturated carbocycles. The van der Waals surface area contributed by atoms with Gasteiger partial charge in [-0.3, -0.25) is 9.59 Å². The molecule has 0 radical (unpaired) electrons. The molecule has 0 unspecified atom stereocenters. The number of carbonyl (C=O) groups excluding carboxylic acids is 2. The number of benzene rings is 3. The van der Waals surface area contributed by atoms with Gasteiger partial charge in [0.25, 0.3) is 11.8 Å². The van der Waals surface area contributed by atoms with E-state index in [4.69, 9.17) is 10.5 Å². The van der Waals surface area contributed by atoms with Crippen LogP contribution < -0.4 is 15.8 Å². The molecule has 8 nitrogen and oxygen atoms in total. The number of aryl methyl sites for hydroxylation is 2. The van der Waals surface area contributed by atoms with Crippen LogP contribution in [0, 0.1) is 12.7 Å². The van der Waals surface area contributed by atoms with Gasteiger partial charge in [-0.25, -0.2) is 9.07 Å². The number of hydrogen-bond acceptors (Lipinski definition) is 5. The number of hydrogen-bond donors (Lipinski definition) is 3. The number of primary amides is 1. The van der Waals surface area contributed by atoms with Crippen LogP contribution in [0.25, 0.3) is 16.9 Å². The van der Waals surface area contributed by atoms with Gasteiger partial charge in [0, 0.05) is 28.4 Å². The molecule has 0 atom stereocenters. The highest BCUT2D eigenvalue weighted by Crippen LogP contribution is 2.39. The van der Waals surface area contributed by atoms with Crippen molar-refractivity contribution in [3.63, 3.8) is 0 Å². The maximum absolute atomic E-state index is 13.5. The smallest absolute Gasteiger partial charge is 0.269 e. The van der Waals surface area contributed by atoms with Crippen LogP contribution in [0.3, 0.4) is 0 Å². The molecule has 1 aliphatic carbocycles. The fourth-order valence-corrected chi connectivity index (χ4v) is 4.58. The topological polar surface area (TPSA) is 119 Å². The van der Waals surface area contributed by atoms with E-state index < -0.39 is 11.7 Å². The number of aromatic hydroxyl groups is 1. The average Bonchev–Trinajstić information content (AvgIpc) is 3.25. The predicted octanol–water partition coefficient (Wildman–Crippen LogP) is 4.15. The maximum Gasteiger partial charge on any atom is 0.269 e. The van der Waals surface area contributed by atoms with Crippen molar-refractivity contribution in [2.75, 3.05) is 12.4 Å². The third-order valence-electron chi connectivity index (χ3n) is 6.33. The number of ether oxygens (including phenoxy) is 1. The standard InChI is InChI=1S/C27H23FN4O4/c1-14-11-16(28)5-9-19(14)27(35)30-17-6-3-15-4-8-20-24(26(29)34)31-32(25(20)21(15)12-17)18-7-10-22(33)23(13-18)36-2/h3,5-7,9-13,33H,4,8H2,1-2H3,(H2,29,34)(H,30,35). The third-order valence-corrected chi connectivity index (χ3v) is 6.33. The Labute approximate surface area is 206 Å². The van der Waals surface area contributed by atoms with E-state index in [9.17, 15) is 19.1 Å². The minimum Gasteiger partial charge on any atom is -0.504 e. The van der Waals surface area contributed by atoms with Crippen molar-refractivity contribution in [2.24, 2.45) is 5.73 Å². The summed E-state index contributed by atoms with van der Waals surface area (Å²) in [7, 11) is 1.44. The quantitative estimate of drug-likeness (QED) is 0.392. The van der Waals surface area contributed by atoms with Gasteiger partial charge in [-0.15, -0.1) is 0 Å². The lowest BCUT2D eigenvalue weighted by atomic mass is 9.88. The summed E-state index contributed by atoms with van der Waals surface area (Å²) < 4.78 is 20.3. The molecule has 1 heterocycles.